The molecule has 0 amide bonds. The lowest BCUT2D eigenvalue weighted by Crippen LogP contribution is -2.00. The van der Waals surface area contributed by atoms with Crippen LogP contribution in [-0.2, 0) is 17.6 Å². The molecule has 2 rings (SSSR count). The third-order valence-corrected chi connectivity index (χ3v) is 3.33. The number of hydrogen-bond donors (Lipinski definition) is 1. The van der Waals surface area contributed by atoms with Crippen LogP contribution in [0.15, 0.2) is 18.2 Å². The van der Waals surface area contributed by atoms with Crippen molar-refractivity contribution in [3.8, 4) is 0 Å². The largest absolute Gasteiger partial charge is 0.388 e. The quantitative estimate of drug-likeness (QED) is 0.773. The van der Waals surface area contributed by atoms with E-state index >= 15 is 0 Å². The van der Waals surface area contributed by atoms with Crippen LogP contribution in [0.3, 0.4) is 0 Å². The van der Waals surface area contributed by atoms with Gasteiger partial charge in [-0.25, -0.2) is 0 Å². The van der Waals surface area contributed by atoms with E-state index in [0.717, 1.165) is 25.0 Å². The van der Waals surface area contributed by atoms with Crippen molar-refractivity contribution in [1.29, 1.82) is 0 Å². The van der Waals surface area contributed by atoms with Crippen LogP contribution in [0, 0.1) is 0 Å². The fourth-order valence-electron chi connectivity index (χ4n) is 2.39. The Morgan fingerprint density at radius 2 is 2.12 bits per heavy atom. The first kappa shape index (κ1) is 11.6. The summed E-state index contributed by atoms with van der Waals surface area (Å²) in [5.74, 6) is 0. The minimum absolute atomic E-state index is 0.332. The summed E-state index contributed by atoms with van der Waals surface area (Å²) in [5, 5.41) is 10.0. The molecule has 1 N–H and O–H groups in total. The van der Waals surface area contributed by atoms with Gasteiger partial charge in [-0.3, -0.25) is 0 Å². The highest BCUT2D eigenvalue weighted by Gasteiger charge is 2.14. The van der Waals surface area contributed by atoms with Crippen molar-refractivity contribution in [2.24, 2.45) is 0 Å². The predicted octanol–water partition coefficient (Wildman–Crippen LogP) is 2.64. The van der Waals surface area contributed by atoms with Gasteiger partial charge in [-0.1, -0.05) is 18.2 Å². The summed E-state index contributed by atoms with van der Waals surface area (Å²) >= 11 is 0. The maximum absolute atomic E-state index is 10.0. The predicted molar refractivity (Wildman–Crippen MR) is 64.5 cm³/mol. The Balaban J connectivity index is 1.98. The van der Waals surface area contributed by atoms with Gasteiger partial charge in [0.2, 0.25) is 0 Å². The number of aryl methyl sites for hydroxylation is 2. The first-order chi connectivity index (χ1) is 7.81. The fourth-order valence-corrected chi connectivity index (χ4v) is 2.39. The Labute approximate surface area is 97.3 Å². The molecule has 1 atom stereocenters. The van der Waals surface area contributed by atoms with E-state index in [-0.39, 0.29) is 6.10 Å². The second-order valence-electron chi connectivity index (χ2n) is 4.53. The van der Waals surface area contributed by atoms with Gasteiger partial charge >= 0.3 is 0 Å². The van der Waals surface area contributed by atoms with E-state index in [2.05, 4.69) is 18.2 Å². The zero-order chi connectivity index (χ0) is 11.4. The van der Waals surface area contributed by atoms with Gasteiger partial charge in [0.15, 0.2) is 0 Å². The SMILES string of the molecule is COCCCC(O)c1ccc2c(c1)CCC2. The molecule has 2 nitrogen and oxygen atoms in total. The molecule has 0 saturated heterocycles. The van der Waals surface area contributed by atoms with E-state index in [4.69, 9.17) is 4.74 Å². The zero-order valence-electron chi connectivity index (χ0n) is 9.91. The van der Waals surface area contributed by atoms with Crippen molar-refractivity contribution in [2.45, 2.75) is 38.2 Å². The van der Waals surface area contributed by atoms with E-state index in [1.165, 1.54) is 30.4 Å². The number of ether oxygens (including phenoxy) is 1. The third kappa shape index (κ3) is 2.63. The molecule has 0 aliphatic heterocycles. The van der Waals surface area contributed by atoms with Crippen LogP contribution >= 0.6 is 0 Å². The van der Waals surface area contributed by atoms with Gasteiger partial charge in [-0.15, -0.1) is 0 Å². The molecule has 0 bridgehead atoms. The number of aliphatic hydroxyl groups is 1. The number of aliphatic hydroxyl groups excluding tert-OH is 1. The molecule has 0 heterocycles. The van der Waals surface area contributed by atoms with E-state index in [1.807, 2.05) is 0 Å². The maximum atomic E-state index is 10.0. The normalized spacial score (nSPS) is 16.1. The molecule has 0 fully saturated rings. The Morgan fingerprint density at radius 1 is 1.31 bits per heavy atom. The minimum atomic E-state index is -0.332. The number of benzene rings is 1. The van der Waals surface area contributed by atoms with E-state index in [1.54, 1.807) is 7.11 Å². The van der Waals surface area contributed by atoms with Crippen molar-refractivity contribution in [2.75, 3.05) is 13.7 Å². The standard InChI is InChI=1S/C14H20O2/c1-16-9-3-6-14(15)13-8-7-11-4-2-5-12(11)10-13/h7-8,10,14-15H,2-6,9H2,1H3. The van der Waals surface area contributed by atoms with Crippen molar-refractivity contribution in [3.63, 3.8) is 0 Å². The number of fused-ring (bicyclic) bond motifs is 1. The van der Waals surface area contributed by atoms with Crippen molar-refractivity contribution >= 4 is 0 Å². The van der Waals surface area contributed by atoms with Crippen LogP contribution < -0.4 is 0 Å². The molecule has 0 aromatic heterocycles. The van der Waals surface area contributed by atoms with Gasteiger partial charge in [0.05, 0.1) is 6.10 Å². The highest BCUT2D eigenvalue weighted by atomic mass is 16.5. The minimum Gasteiger partial charge on any atom is -0.388 e. The van der Waals surface area contributed by atoms with Gasteiger partial charge in [-0.05, 0) is 48.8 Å². The zero-order valence-corrected chi connectivity index (χ0v) is 9.91. The molecule has 1 aromatic carbocycles. The molecule has 88 valence electrons. The summed E-state index contributed by atoms with van der Waals surface area (Å²) < 4.78 is 4.99. The Hall–Kier alpha value is -0.860. The Bertz CT molecular complexity index is 347. The molecule has 1 unspecified atom stereocenters. The van der Waals surface area contributed by atoms with E-state index < -0.39 is 0 Å². The lowest BCUT2D eigenvalue weighted by atomic mass is 10.0. The molecule has 1 aliphatic carbocycles. The van der Waals surface area contributed by atoms with Gasteiger partial charge in [-0.2, -0.15) is 0 Å². The van der Waals surface area contributed by atoms with Crippen molar-refractivity contribution < 1.29 is 9.84 Å². The topological polar surface area (TPSA) is 29.5 Å². The van der Waals surface area contributed by atoms with Crippen LogP contribution in [0.2, 0.25) is 0 Å². The summed E-state index contributed by atoms with van der Waals surface area (Å²) in [6.07, 6.45) is 5.00. The van der Waals surface area contributed by atoms with Crippen LogP contribution in [-0.4, -0.2) is 18.8 Å². The first-order valence-corrected chi connectivity index (χ1v) is 6.10. The summed E-state index contributed by atoms with van der Waals surface area (Å²) in [7, 11) is 1.70. The van der Waals surface area contributed by atoms with Gasteiger partial charge in [0, 0.05) is 13.7 Å². The van der Waals surface area contributed by atoms with Crippen molar-refractivity contribution in [3.05, 3.63) is 34.9 Å². The molecular weight excluding hydrogens is 200 g/mol. The molecule has 0 saturated carbocycles. The molecule has 1 aromatic rings. The molecular formula is C14H20O2. The second-order valence-corrected chi connectivity index (χ2v) is 4.53. The molecule has 16 heavy (non-hydrogen) atoms. The molecule has 2 heteroatoms. The number of rotatable bonds is 5. The van der Waals surface area contributed by atoms with Crippen LogP contribution in [0.5, 0.6) is 0 Å². The third-order valence-electron chi connectivity index (χ3n) is 3.33. The Kier molecular flexibility index (Phi) is 3.97. The second kappa shape index (κ2) is 5.46. The summed E-state index contributed by atoms with van der Waals surface area (Å²) in [6, 6.07) is 6.43. The number of hydrogen-bond acceptors (Lipinski definition) is 2. The van der Waals surface area contributed by atoms with Crippen LogP contribution in [0.25, 0.3) is 0 Å². The molecule has 1 aliphatic rings. The average molecular weight is 220 g/mol. The molecule has 0 radical (unpaired) electrons. The maximum Gasteiger partial charge on any atom is 0.0791 e. The van der Waals surface area contributed by atoms with Gasteiger partial charge in [0.25, 0.3) is 0 Å². The van der Waals surface area contributed by atoms with Gasteiger partial charge < -0.3 is 9.84 Å². The summed E-state index contributed by atoms with van der Waals surface area (Å²) in [5.41, 5.74) is 3.97. The summed E-state index contributed by atoms with van der Waals surface area (Å²) in [4.78, 5) is 0. The van der Waals surface area contributed by atoms with E-state index in [9.17, 15) is 5.11 Å². The fraction of sp³-hybridized carbons (Fsp3) is 0.571. The Morgan fingerprint density at radius 3 is 2.94 bits per heavy atom. The van der Waals surface area contributed by atoms with Crippen LogP contribution in [0.4, 0.5) is 0 Å². The highest BCUT2D eigenvalue weighted by molar-refractivity contribution is 5.36. The average Bonchev–Trinajstić information content (AvgIpc) is 2.76. The number of methoxy groups -OCH3 is 1. The molecule has 0 spiro atoms. The van der Waals surface area contributed by atoms with Crippen molar-refractivity contribution in [1.82, 2.24) is 0 Å². The first-order valence-electron chi connectivity index (χ1n) is 6.10. The highest BCUT2D eigenvalue weighted by Crippen LogP contribution is 2.26. The van der Waals surface area contributed by atoms with E-state index in [0.29, 0.717) is 0 Å². The van der Waals surface area contributed by atoms with Gasteiger partial charge in [0.1, 0.15) is 0 Å². The summed E-state index contributed by atoms with van der Waals surface area (Å²) in [6.45, 7) is 0.724. The lowest BCUT2D eigenvalue weighted by Gasteiger charge is -2.12. The van der Waals surface area contributed by atoms with Crippen LogP contribution in [0.1, 0.15) is 42.1 Å². The lowest BCUT2D eigenvalue weighted by molar-refractivity contribution is 0.136. The smallest absolute Gasteiger partial charge is 0.0791 e. The monoisotopic (exact) mass is 220 g/mol.